The average molecular weight is 169 g/mol. The first-order valence-corrected chi connectivity index (χ1v) is 5.06. The van der Waals surface area contributed by atoms with Crippen LogP contribution in [0.15, 0.2) is 16.6 Å². The van der Waals surface area contributed by atoms with E-state index in [1.807, 2.05) is 11.8 Å². The highest BCUT2D eigenvalue weighted by Crippen LogP contribution is 2.21. The van der Waals surface area contributed by atoms with Gasteiger partial charge in [-0.2, -0.15) is 0 Å². The Labute approximate surface area is 73.0 Å². The zero-order valence-corrected chi connectivity index (χ0v) is 8.24. The molecule has 11 heavy (non-hydrogen) atoms. The lowest BCUT2D eigenvalue weighted by molar-refractivity contribution is 0.738. The van der Waals surface area contributed by atoms with Gasteiger partial charge in [0.2, 0.25) is 0 Å². The van der Waals surface area contributed by atoms with Gasteiger partial charge in [-0.05, 0) is 26.3 Å². The van der Waals surface area contributed by atoms with Crippen LogP contribution in [0.1, 0.15) is 27.2 Å². The Balaban J connectivity index is 2.55. The summed E-state index contributed by atoms with van der Waals surface area (Å²) in [6.45, 7) is 6.42. The molecule has 1 aliphatic heterocycles. The summed E-state index contributed by atoms with van der Waals surface area (Å²) in [4.78, 5) is 4.55. The molecule has 1 aliphatic rings. The Morgan fingerprint density at radius 3 is 2.91 bits per heavy atom. The van der Waals surface area contributed by atoms with Gasteiger partial charge in [-0.15, -0.1) is 11.8 Å². The van der Waals surface area contributed by atoms with E-state index in [4.69, 9.17) is 0 Å². The fourth-order valence-electron chi connectivity index (χ4n) is 0.971. The molecule has 0 unspecified atom stereocenters. The van der Waals surface area contributed by atoms with Crippen molar-refractivity contribution in [2.45, 2.75) is 33.2 Å². The highest BCUT2D eigenvalue weighted by atomic mass is 32.2. The number of hydrogen-bond acceptors (Lipinski definition) is 2. The zero-order valence-electron chi connectivity index (χ0n) is 7.42. The first-order chi connectivity index (χ1) is 5.22. The molecule has 1 atom stereocenters. The van der Waals surface area contributed by atoms with Crippen molar-refractivity contribution in [1.29, 1.82) is 0 Å². The predicted octanol–water partition coefficient (Wildman–Crippen LogP) is 2.88. The van der Waals surface area contributed by atoms with Gasteiger partial charge in [-0.25, -0.2) is 0 Å². The summed E-state index contributed by atoms with van der Waals surface area (Å²) < 4.78 is 0. The Morgan fingerprint density at radius 1 is 1.73 bits per heavy atom. The van der Waals surface area contributed by atoms with Crippen LogP contribution in [0.5, 0.6) is 0 Å². The minimum absolute atomic E-state index is 0.575. The summed E-state index contributed by atoms with van der Waals surface area (Å²) in [6, 6.07) is 0.575. The first kappa shape index (κ1) is 8.85. The van der Waals surface area contributed by atoms with E-state index in [2.05, 4.69) is 31.8 Å². The van der Waals surface area contributed by atoms with E-state index in [1.165, 1.54) is 22.8 Å². The number of aliphatic imine (C=N–C) groups is 1. The normalized spacial score (nSPS) is 23.2. The van der Waals surface area contributed by atoms with Crippen molar-refractivity contribution in [3.63, 3.8) is 0 Å². The van der Waals surface area contributed by atoms with Crippen molar-refractivity contribution in [3.05, 3.63) is 11.6 Å². The molecule has 0 aliphatic carbocycles. The average Bonchev–Trinajstić information content (AvgIpc) is 2.34. The van der Waals surface area contributed by atoms with Crippen molar-refractivity contribution in [2.75, 3.05) is 5.75 Å². The van der Waals surface area contributed by atoms with Crippen molar-refractivity contribution < 1.29 is 0 Å². The molecule has 0 saturated heterocycles. The highest BCUT2D eigenvalue weighted by molar-refractivity contribution is 8.14. The topological polar surface area (TPSA) is 12.4 Å². The van der Waals surface area contributed by atoms with Crippen LogP contribution in [-0.4, -0.2) is 16.8 Å². The van der Waals surface area contributed by atoms with E-state index in [1.54, 1.807) is 0 Å². The van der Waals surface area contributed by atoms with E-state index < -0.39 is 0 Å². The largest absolute Gasteiger partial charge is 0.274 e. The molecular formula is C9H15NS. The molecule has 62 valence electrons. The minimum atomic E-state index is 0.575. The van der Waals surface area contributed by atoms with E-state index in [-0.39, 0.29) is 0 Å². The Morgan fingerprint density at radius 2 is 2.45 bits per heavy atom. The van der Waals surface area contributed by atoms with Crippen molar-refractivity contribution in [3.8, 4) is 0 Å². The van der Waals surface area contributed by atoms with Crippen LogP contribution >= 0.6 is 11.8 Å². The number of rotatable bonds is 2. The van der Waals surface area contributed by atoms with Crippen LogP contribution < -0.4 is 0 Å². The van der Waals surface area contributed by atoms with Gasteiger partial charge >= 0.3 is 0 Å². The molecular weight excluding hydrogens is 154 g/mol. The summed E-state index contributed by atoms with van der Waals surface area (Å²) in [5.41, 5.74) is 1.34. The van der Waals surface area contributed by atoms with Crippen molar-refractivity contribution in [2.24, 2.45) is 4.99 Å². The van der Waals surface area contributed by atoms with Gasteiger partial charge < -0.3 is 0 Å². The van der Waals surface area contributed by atoms with Gasteiger partial charge in [0.05, 0.1) is 11.1 Å². The Bertz CT molecular complexity index is 190. The SMILES string of the molecule is CC[C@@H]1CSC(C=C(C)C)=N1. The lowest BCUT2D eigenvalue weighted by atomic mass is 10.3. The number of allylic oxidation sites excluding steroid dienone is 1. The predicted molar refractivity (Wildman–Crippen MR) is 53.4 cm³/mol. The van der Waals surface area contributed by atoms with E-state index in [9.17, 15) is 0 Å². The molecule has 1 nitrogen and oxygen atoms in total. The summed E-state index contributed by atoms with van der Waals surface area (Å²) in [7, 11) is 0. The van der Waals surface area contributed by atoms with Crippen molar-refractivity contribution >= 4 is 16.8 Å². The monoisotopic (exact) mass is 169 g/mol. The maximum Gasteiger partial charge on any atom is 0.0908 e. The lowest BCUT2D eigenvalue weighted by Crippen LogP contribution is -1.99. The van der Waals surface area contributed by atoms with Gasteiger partial charge in [-0.3, -0.25) is 4.99 Å². The minimum Gasteiger partial charge on any atom is -0.274 e. The third-order valence-electron chi connectivity index (χ3n) is 1.62. The first-order valence-electron chi connectivity index (χ1n) is 4.08. The second-order valence-electron chi connectivity index (χ2n) is 3.06. The standard InChI is InChI=1S/C9H15NS/c1-4-8-6-11-9(10-8)5-7(2)3/h5,8H,4,6H2,1-3H3/t8-/m1/s1. The van der Waals surface area contributed by atoms with E-state index in [0.29, 0.717) is 6.04 Å². The Kier molecular flexibility index (Phi) is 3.18. The number of hydrogen-bond donors (Lipinski definition) is 0. The molecule has 0 aromatic heterocycles. The maximum atomic E-state index is 4.55. The quantitative estimate of drug-likeness (QED) is 0.619. The summed E-state index contributed by atoms with van der Waals surface area (Å²) >= 11 is 1.88. The third-order valence-corrected chi connectivity index (χ3v) is 2.69. The second kappa shape index (κ2) is 3.96. The number of nitrogens with zero attached hydrogens (tertiary/aromatic N) is 1. The van der Waals surface area contributed by atoms with Crippen LogP contribution in [0.3, 0.4) is 0 Å². The van der Waals surface area contributed by atoms with Crippen LogP contribution in [-0.2, 0) is 0 Å². The highest BCUT2D eigenvalue weighted by Gasteiger charge is 2.13. The molecule has 2 heteroatoms. The van der Waals surface area contributed by atoms with Crippen LogP contribution in [0.2, 0.25) is 0 Å². The van der Waals surface area contributed by atoms with Gasteiger partial charge in [0.15, 0.2) is 0 Å². The molecule has 0 radical (unpaired) electrons. The molecule has 0 N–H and O–H groups in total. The summed E-state index contributed by atoms with van der Waals surface area (Å²) in [6.07, 6.45) is 3.34. The fourth-order valence-corrected chi connectivity index (χ4v) is 2.19. The molecule has 0 spiro atoms. The smallest absolute Gasteiger partial charge is 0.0908 e. The lowest BCUT2D eigenvalue weighted by Gasteiger charge is -1.95. The van der Waals surface area contributed by atoms with Gasteiger partial charge in [0.1, 0.15) is 0 Å². The molecule has 0 saturated carbocycles. The summed E-state index contributed by atoms with van der Waals surface area (Å²) in [5, 5.41) is 1.22. The molecule has 0 aromatic carbocycles. The van der Waals surface area contributed by atoms with Gasteiger partial charge in [-0.1, -0.05) is 12.5 Å². The second-order valence-corrected chi connectivity index (χ2v) is 4.10. The summed E-state index contributed by atoms with van der Waals surface area (Å²) in [5.74, 6) is 1.18. The maximum absolute atomic E-state index is 4.55. The Hall–Kier alpha value is -0.240. The van der Waals surface area contributed by atoms with E-state index >= 15 is 0 Å². The number of thioether (sulfide) groups is 1. The van der Waals surface area contributed by atoms with Gasteiger partial charge in [0.25, 0.3) is 0 Å². The van der Waals surface area contributed by atoms with Crippen LogP contribution in [0, 0.1) is 0 Å². The molecule has 0 fully saturated rings. The van der Waals surface area contributed by atoms with Gasteiger partial charge in [0, 0.05) is 5.75 Å². The van der Waals surface area contributed by atoms with Crippen LogP contribution in [0.4, 0.5) is 0 Å². The fraction of sp³-hybridized carbons (Fsp3) is 0.667. The van der Waals surface area contributed by atoms with E-state index in [0.717, 1.165) is 0 Å². The molecule has 0 amide bonds. The van der Waals surface area contributed by atoms with Crippen LogP contribution in [0.25, 0.3) is 0 Å². The molecule has 0 aromatic rings. The molecule has 0 bridgehead atoms. The zero-order chi connectivity index (χ0) is 8.27. The third kappa shape index (κ3) is 2.70. The van der Waals surface area contributed by atoms with Crippen molar-refractivity contribution in [1.82, 2.24) is 0 Å². The molecule has 1 rings (SSSR count). The molecule has 1 heterocycles.